The Morgan fingerprint density at radius 2 is 1.94 bits per heavy atom. The van der Waals surface area contributed by atoms with Gasteiger partial charge in [-0.05, 0) is 36.2 Å². The van der Waals surface area contributed by atoms with Crippen LogP contribution in [0.1, 0.15) is 25.8 Å². The van der Waals surface area contributed by atoms with Crippen LogP contribution >= 0.6 is 47.1 Å². The predicted molar refractivity (Wildman–Crippen MR) is 147 cm³/mol. The Kier molecular flexibility index (Phi) is 10.5. The molecule has 34 heavy (non-hydrogen) atoms. The molecule has 0 spiro atoms. The smallest absolute Gasteiger partial charge is 0.233 e. The van der Waals surface area contributed by atoms with Crippen LogP contribution in [-0.4, -0.2) is 60.4 Å². The van der Waals surface area contributed by atoms with Crippen molar-refractivity contribution in [3.8, 4) is 0 Å². The fourth-order valence-corrected chi connectivity index (χ4v) is 6.00. The first-order valence-corrected chi connectivity index (χ1v) is 13.5. The summed E-state index contributed by atoms with van der Waals surface area (Å²) in [6, 6.07) is 14.1. The van der Waals surface area contributed by atoms with E-state index >= 15 is 0 Å². The number of halogens is 2. The fourth-order valence-electron chi connectivity index (χ4n) is 3.85. The van der Waals surface area contributed by atoms with Gasteiger partial charge in [0, 0.05) is 36.3 Å². The predicted octanol–water partition coefficient (Wildman–Crippen LogP) is 6.17. The Hall–Kier alpha value is -1.35. The third-order valence-electron chi connectivity index (χ3n) is 5.50. The number of thiazole rings is 1. The van der Waals surface area contributed by atoms with Crippen LogP contribution in [0.2, 0.25) is 5.02 Å². The van der Waals surface area contributed by atoms with Crippen molar-refractivity contribution in [1.82, 2.24) is 9.88 Å². The summed E-state index contributed by atoms with van der Waals surface area (Å²) in [4.78, 5) is 23.6. The minimum atomic E-state index is 0. The van der Waals surface area contributed by atoms with Crippen LogP contribution in [0.5, 0.6) is 0 Å². The summed E-state index contributed by atoms with van der Waals surface area (Å²) in [5.74, 6) is 0.0661. The van der Waals surface area contributed by atoms with Crippen LogP contribution in [0.3, 0.4) is 0 Å². The number of hydrogen-bond donors (Lipinski definition) is 0. The highest BCUT2D eigenvalue weighted by Crippen LogP contribution is 2.33. The highest BCUT2D eigenvalue weighted by molar-refractivity contribution is 7.99. The molecule has 184 valence electrons. The molecule has 2 aromatic carbocycles. The molecule has 0 radical (unpaired) electrons. The molecule has 1 aromatic heterocycles. The van der Waals surface area contributed by atoms with E-state index in [1.54, 1.807) is 0 Å². The minimum absolute atomic E-state index is 0. The van der Waals surface area contributed by atoms with Crippen molar-refractivity contribution in [2.24, 2.45) is 0 Å². The summed E-state index contributed by atoms with van der Waals surface area (Å²) in [6.07, 6.45) is 1.24. The zero-order valence-corrected chi connectivity index (χ0v) is 22.7. The third kappa shape index (κ3) is 7.33. The summed E-state index contributed by atoms with van der Waals surface area (Å²) in [5, 5.41) is 1.87. The van der Waals surface area contributed by atoms with Crippen LogP contribution in [0.15, 0.2) is 47.4 Å². The summed E-state index contributed by atoms with van der Waals surface area (Å²) >= 11 is 9.72. The molecule has 0 aliphatic carbocycles. The number of para-hydroxylation sites is 1. The summed E-state index contributed by atoms with van der Waals surface area (Å²) in [7, 11) is 0. The molecule has 2 heterocycles. The Morgan fingerprint density at radius 3 is 2.62 bits per heavy atom. The van der Waals surface area contributed by atoms with Crippen LogP contribution in [0.4, 0.5) is 5.13 Å². The molecule has 5 nitrogen and oxygen atoms in total. The van der Waals surface area contributed by atoms with E-state index in [0.717, 1.165) is 60.2 Å². The van der Waals surface area contributed by atoms with Crippen LogP contribution in [0.25, 0.3) is 10.2 Å². The number of fused-ring (bicyclic) bond motifs is 1. The molecule has 0 bridgehead atoms. The molecular formula is C25H31Cl2N3O2S2. The third-order valence-corrected chi connectivity index (χ3v) is 7.86. The highest BCUT2D eigenvalue weighted by atomic mass is 35.5. The maximum Gasteiger partial charge on any atom is 0.233 e. The molecule has 1 fully saturated rings. The minimum Gasteiger partial charge on any atom is -0.379 e. The Bertz CT molecular complexity index is 1070. The lowest BCUT2D eigenvalue weighted by Gasteiger charge is -2.27. The van der Waals surface area contributed by atoms with E-state index in [-0.39, 0.29) is 18.3 Å². The van der Waals surface area contributed by atoms with E-state index < -0.39 is 0 Å². The van der Waals surface area contributed by atoms with E-state index in [1.807, 2.05) is 34.9 Å². The molecule has 1 aliphatic heterocycles. The average molecular weight is 541 g/mol. The van der Waals surface area contributed by atoms with Gasteiger partial charge in [0.15, 0.2) is 5.13 Å². The monoisotopic (exact) mass is 539 g/mol. The second kappa shape index (κ2) is 13.1. The standard InChI is InChI=1S/C25H30ClN3O2S2.ClH/c1-18(2)32-20-9-7-19(8-10-20)17-23(30)29(12-4-11-28-13-15-31-16-14-28)25-27-24-21(26)5-3-6-22(24)33-25;/h3,5-10,18H,4,11-17H2,1-2H3;1H. The van der Waals surface area contributed by atoms with Gasteiger partial charge >= 0.3 is 0 Å². The van der Waals surface area contributed by atoms with Gasteiger partial charge in [0.05, 0.1) is 29.4 Å². The fraction of sp³-hybridized carbons (Fsp3) is 0.440. The van der Waals surface area contributed by atoms with Gasteiger partial charge in [0.1, 0.15) is 5.52 Å². The molecule has 0 unspecified atom stereocenters. The number of thioether (sulfide) groups is 1. The van der Waals surface area contributed by atoms with Crippen molar-refractivity contribution in [3.63, 3.8) is 0 Å². The van der Waals surface area contributed by atoms with Crippen molar-refractivity contribution in [3.05, 3.63) is 53.1 Å². The molecular weight excluding hydrogens is 509 g/mol. The number of rotatable bonds is 9. The molecule has 0 atom stereocenters. The SMILES string of the molecule is CC(C)Sc1ccc(CC(=O)N(CCCN2CCOCC2)c2nc3c(Cl)cccc3s2)cc1.Cl. The van der Waals surface area contributed by atoms with Crippen molar-refractivity contribution >= 4 is 68.4 Å². The number of ether oxygens (including phenoxy) is 1. The van der Waals surface area contributed by atoms with Gasteiger partial charge in [0.2, 0.25) is 5.91 Å². The van der Waals surface area contributed by atoms with Crippen molar-refractivity contribution in [2.75, 3.05) is 44.3 Å². The maximum atomic E-state index is 13.4. The maximum absolute atomic E-state index is 13.4. The summed E-state index contributed by atoms with van der Waals surface area (Å²) in [5.41, 5.74) is 1.78. The van der Waals surface area contributed by atoms with Gasteiger partial charge in [-0.25, -0.2) is 4.98 Å². The van der Waals surface area contributed by atoms with Crippen molar-refractivity contribution in [1.29, 1.82) is 0 Å². The highest BCUT2D eigenvalue weighted by Gasteiger charge is 2.21. The topological polar surface area (TPSA) is 45.7 Å². The molecule has 1 amide bonds. The lowest BCUT2D eigenvalue weighted by Crippen LogP contribution is -2.39. The van der Waals surface area contributed by atoms with Gasteiger partial charge in [0.25, 0.3) is 0 Å². The molecule has 0 saturated carbocycles. The van der Waals surface area contributed by atoms with E-state index in [1.165, 1.54) is 16.2 Å². The first-order valence-electron chi connectivity index (χ1n) is 11.4. The number of nitrogens with zero attached hydrogens (tertiary/aromatic N) is 3. The molecule has 1 saturated heterocycles. The van der Waals surface area contributed by atoms with Gasteiger partial charge in [-0.2, -0.15) is 0 Å². The van der Waals surface area contributed by atoms with Crippen LogP contribution < -0.4 is 4.90 Å². The molecule has 3 aromatic rings. The number of amides is 1. The molecule has 4 rings (SSSR count). The van der Waals surface area contributed by atoms with E-state index in [4.69, 9.17) is 21.3 Å². The largest absolute Gasteiger partial charge is 0.379 e. The van der Waals surface area contributed by atoms with Crippen molar-refractivity contribution < 1.29 is 9.53 Å². The summed E-state index contributed by atoms with van der Waals surface area (Å²) in [6.45, 7) is 9.40. The van der Waals surface area contributed by atoms with E-state index in [0.29, 0.717) is 23.2 Å². The molecule has 0 N–H and O–H groups in total. The second-order valence-electron chi connectivity index (χ2n) is 8.42. The number of aromatic nitrogens is 1. The van der Waals surface area contributed by atoms with Gasteiger partial charge in [-0.1, -0.05) is 55.0 Å². The van der Waals surface area contributed by atoms with Crippen LogP contribution in [0, 0.1) is 0 Å². The Labute approximate surface area is 221 Å². The second-order valence-corrected chi connectivity index (χ2v) is 11.5. The summed E-state index contributed by atoms with van der Waals surface area (Å²) < 4.78 is 6.45. The number of carbonyl (C=O) groups is 1. The van der Waals surface area contributed by atoms with Gasteiger partial charge in [-0.3, -0.25) is 14.6 Å². The lowest BCUT2D eigenvalue weighted by molar-refractivity contribution is -0.118. The number of morpholine rings is 1. The molecule has 9 heteroatoms. The zero-order valence-electron chi connectivity index (χ0n) is 19.5. The number of anilines is 1. The average Bonchev–Trinajstić information content (AvgIpc) is 3.23. The van der Waals surface area contributed by atoms with E-state index in [2.05, 4.69) is 43.0 Å². The number of hydrogen-bond acceptors (Lipinski definition) is 6. The lowest BCUT2D eigenvalue weighted by atomic mass is 10.1. The number of benzene rings is 2. The van der Waals surface area contributed by atoms with E-state index in [9.17, 15) is 4.79 Å². The van der Waals surface area contributed by atoms with Crippen LogP contribution in [-0.2, 0) is 16.0 Å². The quantitative estimate of drug-likeness (QED) is 0.304. The molecule has 1 aliphatic rings. The Balaban J connectivity index is 0.00000324. The van der Waals surface area contributed by atoms with Gasteiger partial charge in [-0.15, -0.1) is 24.2 Å². The number of carbonyl (C=O) groups excluding carboxylic acids is 1. The van der Waals surface area contributed by atoms with Gasteiger partial charge < -0.3 is 4.74 Å². The normalized spacial score (nSPS) is 14.4. The first-order chi connectivity index (χ1) is 16.0. The Morgan fingerprint density at radius 1 is 1.21 bits per heavy atom. The zero-order chi connectivity index (χ0) is 23.2. The first kappa shape index (κ1) is 27.2. The van der Waals surface area contributed by atoms with Crippen molar-refractivity contribution in [2.45, 2.75) is 36.8 Å².